The lowest BCUT2D eigenvalue weighted by Crippen LogP contribution is -2.51. The summed E-state index contributed by atoms with van der Waals surface area (Å²) in [5.74, 6) is -0.688. The third-order valence-electron chi connectivity index (χ3n) is 3.01. The quantitative estimate of drug-likeness (QED) is 0.932. The third-order valence-corrected chi connectivity index (χ3v) is 3.26. The van der Waals surface area contributed by atoms with Gasteiger partial charge in [-0.25, -0.2) is 8.78 Å². The van der Waals surface area contributed by atoms with E-state index in [1.165, 1.54) is 6.92 Å². The zero-order valence-corrected chi connectivity index (χ0v) is 11.4. The van der Waals surface area contributed by atoms with Crippen LogP contribution in [-0.4, -0.2) is 33.9 Å². The fourth-order valence-electron chi connectivity index (χ4n) is 2.04. The predicted molar refractivity (Wildman–Crippen MR) is 70.7 cm³/mol. The van der Waals surface area contributed by atoms with E-state index in [4.69, 9.17) is 11.6 Å². The zero-order chi connectivity index (χ0) is 14.9. The number of carbonyl (C=O) groups excluding carboxylic acids is 1. The molecular weight excluding hydrogens is 290 g/mol. The Morgan fingerprint density at radius 1 is 1.50 bits per heavy atom. The van der Waals surface area contributed by atoms with Gasteiger partial charge in [-0.2, -0.15) is 10.1 Å². The molecular formula is C13H13ClF2N2O2. The van der Waals surface area contributed by atoms with Crippen molar-refractivity contribution in [1.29, 1.82) is 0 Å². The van der Waals surface area contributed by atoms with Gasteiger partial charge in [0.25, 0.3) is 6.43 Å². The summed E-state index contributed by atoms with van der Waals surface area (Å²) in [6, 6.07) is 6.44. The Kier molecular flexibility index (Phi) is 4.06. The number of carbonyl (C=O) groups is 1. The maximum atomic E-state index is 13.0. The van der Waals surface area contributed by atoms with Crippen LogP contribution in [0.3, 0.4) is 0 Å². The minimum absolute atomic E-state index is 0.136. The highest BCUT2D eigenvalue weighted by molar-refractivity contribution is 6.30. The van der Waals surface area contributed by atoms with Crippen LogP contribution >= 0.6 is 11.6 Å². The molecule has 0 saturated carbocycles. The van der Waals surface area contributed by atoms with E-state index < -0.39 is 18.1 Å². The molecule has 1 aliphatic rings. The maximum Gasteiger partial charge on any atom is 0.287 e. The Labute approximate surface area is 119 Å². The molecule has 1 aromatic rings. The number of benzene rings is 1. The van der Waals surface area contributed by atoms with Gasteiger partial charge in [0.15, 0.2) is 0 Å². The molecule has 1 aromatic carbocycles. The minimum atomic E-state index is -3.09. The van der Waals surface area contributed by atoms with E-state index >= 15 is 0 Å². The molecule has 1 atom stereocenters. The van der Waals surface area contributed by atoms with Crippen molar-refractivity contribution in [1.82, 2.24) is 5.01 Å². The number of hydrogen-bond acceptors (Lipinski definition) is 3. The van der Waals surface area contributed by atoms with Crippen LogP contribution in [-0.2, 0) is 11.2 Å². The molecule has 1 aliphatic heterocycles. The number of amides is 1. The molecule has 1 heterocycles. The van der Waals surface area contributed by atoms with Crippen molar-refractivity contribution in [3.8, 4) is 0 Å². The van der Waals surface area contributed by atoms with Gasteiger partial charge in [-0.05, 0) is 24.6 Å². The second kappa shape index (κ2) is 5.46. The number of hydrogen-bond donors (Lipinski definition) is 1. The fraction of sp³-hybridized carbons (Fsp3) is 0.385. The molecule has 7 heteroatoms. The molecule has 0 aliphatic carbocycles. The highest BCUT2D eigenvalue weighted by atomic mass is 35.5. The molecule has 0 spiro atoms. The summed E-state index contributed by atoms with van der Waals surface area (Å²) in [5.41, 5.74) is -1.65. The van der Waals surface area contributed by atoms with Crippen LogP contribution in [0.25, 0.3) is 0 Å². The van der Waals surface area contributed by atoms with Crippen molar-refractivity contribution in [2.24, 2.45) is 5.10 Å². The first kappa shape index (κ1) is 14.9. The van der Waals surface area contributed by atoms with Crippen LogP contribution in [0.5, 0.6) is 0 Å². The number of alkyl halides is 2. The predicted octanol–water partition coefficient (Wildman–Crippen LogP) is 2.44. The first-order valence-corrected chi connectivity index (χ1v) is 6.33. The van der Waals surface area contributed by atoms with Crippen LogP contribution in [0.4, 0.5) is 8.78 Å². The number of aliphatic hydroxyl groups is 1. The third kappa shape index (κ3) is 2.81. The van der Waals surface area contributed by atoms with E-state index in [2.05, 4.69) is 5.10 Å². The van der Waals surface area contributed by atoms with Gasteiger partial charge >= 0.3 is 0 Å². The molecule has 108 valence electrons. The van der Waals surface area contributed by atoms with Crippen LogP contribution in [0.2, 0.25) is 5.02 Å². The van der Waals surface area contributed by atoms with Gasteiger partial charge in [0.2, 0.25) is 11.6 Å². The second-order valence-corrected chi connectivity index (χ2v) is 5.14. The summed E-state index contributed by atoms with van der Waals surface area (Å²) in [4.78, 5) is 12.1. The lowest BCUT2D eigenvalue weighted by molar-refractivity contribution is -0.191. The lowest BCUT2D eigenvalue weighted by atomic mass is 10.1. The van der Waals surface area contributed by atoms with Gasteiger partial charge in [0.05, 0.1) is 6.42 Å². The van der Waals surface area contributed by atoms with Gasteiger partial charge in [-0.15, -0.1) is 0 Å². The molecule has 1 unspecified atom stereocenters. The van der Waals surface area contributed by atoms with E-state index in [9.17, 15) is 18.7 Å². The van der Waals surface area contributed by atoms with E-state index in [0.29, 0.717) is 15.6 Å². The Hall–Kier alpha value is -1.53. The van der Waals surface area contributed by atoms with E-state index in [0.717, 1.165) is 0 Å². The normalized spacial score (nSPS) is 22.3. The summed E-state index contributed by atoms with van der Waals surface area (Å²) >= 11 is 5.72. The summed E-state index contributed by atoms with van der Waals surface area (Å²) in [6.07, 6.45) is -3.57. The van der Waals surface area contributed by atoms with E-state index in [-0.39, 0.29) is 18.6 Å². The van der Waals surface area contributed by atoms with E-state index in [1.54, 1.807) is 24.3 Å². The van der Waals surface area contributed by atoms with Crippen molar-refractivity contribution >= 4 is 23.2 Å². The smallest absolute Gasteiger partial charge is 0.287 e. The molecule has 0 saturated heterocycles. The average molecular weight is 303 g/mol. The van der Waals surface area contributed by atoms with Crippen molar-refractivity contribution < 1.29 is 18.7 Å². The average Bonchev–Trinajstić information content (AvgIpc) is 2.69. The van der Waals surface area contributed by atoms with Gasteiger partial charge in [-0.1, -0.05) is 23.7 Å². The first-order valence-electron chi connectivity index (χ1n) is 5.95. The number of nitrogens with zero attached hydrogens (tertiary/aromatic N) is 2. The molecule has 0 bridgehead atoms. The van der Waals surface area contributed by atoms with Crippen molar-refractivity contribution in [3.05, 3.63) is 34.9 Å². The van der Waals surface area contributed by atoms with Crippen LogP contribution in [0, 0.1) is 0 Å². The van der Waals surface area contributed by atoms with E-state index in [1.807, 2.05) is 0 Å². The maximum absolute atomic E-state index is 13.0. The number of hydrazone groups is 1. The molecule has 0 aromatic heterocycles. The van der Waals surface area contributed by atoms with Gasteiger partial charge in [0, 0.05) is 17.2 Å². The molecule has 20 heavy (non-hydrogen) atoms. The number of halogens is 3. The minimum Gasteiger partial charge on any atom is -0.364 e. The van der Waals surface area contributed by atoms with Gasteiger partial charge in [0.1, 0.15) is 0 Å². The van der Waals surface area contributed by atoms with Crippen LogP contribution in [0.15, 0.2) is 29.4 Å². The number of rotatable bonds is 3. The Bertz CT molecular complexity index is 548. The molecule has 2 rings (SSSR count). The topological polar surface area (TPSA) is 52.9 Å². The standard InChI is InChI=1S/C13H13ClF2N2O2/c1-8-7-13(20,12(15)16)18(17-8)11(19)6-9-2-4-10(14)5-3-9/h2-5,12,20H,6-7H2,1H3. The van der Waals surface area contributed by atoms with Crippen LogP contribution < -0.4 is 0 Å². The summed E-state index contributed by atoms with van der Waals surface area (Å²) < 4.78 is 25.9. The highest BCUT2D eigenvalue weighted by Crippen LogP contribution is 2.31. The van der Waals surface area contributed by atoms with Gasteiger partial charge < -0.3 is 5.11 Å². The van der Waals surface area contributed by atoms with Crippen molar-refractivity contribution in [2.75, 3.05) is 0 Å². The van der Waals surface area contributed by atoms with Crippen LogP contribution in [0.1, 0.15) is 18.9 Å². The van der Waals surface area contributed by atoms with Crippen molar-refractivity contribution in [2.45, 2.75) is 31.9 Å². The molecule has 4 nitrogen and oxygen atoms in total. The summed E-state index contributed by atoms with van der Waals surface area (Å²) in [5, 5.41) is 14.6. The SMILES string of the molecule is CC1=NN(C(=O)Cc2ccc(Cl)cc2)C(O)(C(F)F)C1. The second-order valence-electron chi connectivity index (χ2n) is 4.70. The molecule has 1 amide bonds. The highest BCUT2D eigenvalue weighted by Gasteiger charge is 2.50. The zero-order valence-electron chi connectivity index (χ0n) is 10.7. The van der Waals surface area contributed by atoms with Crippen molar-refractivity contribution in [3.63, 3.8) is 0 Å². The molecule has 0 fully saturated rings. The van der Waals surface area contributed by atoms with Gasteiger partial charge in [-0.3, -0.25) is 4.79 Å². The Morgan fingerprint density at radius 2 is 2.10 bits per heavy atom. The Morgan fingerprint density at radius 3 is 2.65 bits per heavy atom. The fourth-order valence-corrected chi connectivity index (χ4v) is 2.16. The summed E-state index contributed by atoms with van der Waals surface area (Å²) in [6.45, 7) is 1.49. The molecule has 1 N–H and O–H groups in total. The largest absolute Gasteiger partial charge is 0.364 e. The summed E-state index contributed by atoms with van der Waals surface area (Å²) in [7, 11) is 0. The lowest BCUT2D eigenvalue weighted by Gasteiger charge is -2.30. The first-order chi connectivity index (χ1) is 9.33. The Balaban J connectivity index is 2.17. The monoisotopic (exact) mass is 302 g/mol. The molecule has 0 radical (unpaired) electrons.